The third-order valence-corrected chi connectivity index (χ3v) is 4.22. The van der Waals surface area contributed by atoms with Crippen molar-refractivity contribution in [3.05, 3.63) is 47.9 Å². The molecule has 0 radical (unpaired) electrons. The fourth-order valence-corrected chi connectivity index (χ4v) is 2.94. The van der Waals surface area contributed by atoms with Gasteiger partial charge in [-0.15, -0.1) is 0 Å². The molecule has 20 heavy (non-hydrogen) atoms. The van der Waals surface area contributed by atoms with Gasteiger partial charge in [-0.1, -0.05) is 6.07 Å². The fraction of sp³-hybridized carbons (Fsp3) is 0.231. The topological polar surface area (TPSA) is 94.6 Å². The van der Waals surface area contributed by atoms with Crippen LogP contribution in [0.2, 0.25) is 0 Å². The number of methoxy groups -OCH3 is 1. The van der Waals surface area contributed by atoms with Crippen molar-refractivity contribution in [1.29, 1.82) is 0 Å². The van der Waals surface area contributed by atoms with Gasteiger partial charge in [0, 0.05) is 18.7 Å². The minimum atomic E-state index is -3.68. The first kappa shape index (κ1) is 14.6. The predicted octanol–water partition coefficient (Wildman–Crippen LogP) is 1.23. The molecule has 0 fully saturated rings. The average Bonchev–Trinajstić information content (AvgIpc) is 2.98. The smallest absolute Gasteiger partial charge is 0.244 e. The second-order valence-electron chi connectivity index (χ2n) is 4.15. The van der Waals surface area contributed by atoms with Gasteiger partial charge in [0.15, 0.2) is 0 Å². The van der Waals surface area contributed by atoms with Crippen LogP contribution in [0, 0.1) is 0 Å². The largest absolute Gasteiger partial charge is 0.495 e. The van der Waals surface area contributed by atoms with Crippen molar-refractivity contribution in [3.63, 3.8) is 0 Å². The van der Waals surface area contributed by atoms with Gasteiger partial charge in [0.05, 0.1) is 19.6 Å². The van der Waals surface area contributed by atoms with Gasteiger partial charge in [0.25, 0.3) is 0 Å². The van der Waals surface area contributed by atoms with Crippen LogP contribution < -0.4 is 15.2 Å². The third-order valence-electron chi connectivity index (χ3n) is 2.80. The van der Waals surface area contributed by atoms with E-state index in [1.807, 2.05) is 0 Å². The summed E-state index contributed by atoms with van der Waals surface area (Å²) in [5.74, 6) is 0.280. The van der Waals surface area contributed by atoms with Gasteiger partial charge < -0.3 is 14.9 Å². The van der Waals surface area contributed by atoms with Crippen LogP contribution in [0.4, 0.5) is 0 Å². The number of ether oxygens (including phenoxy) is 1. The minimum Gasteiger partial charge on any atom is -0.495 e. The minimum absolute atomic E-state index is 0.0754. The molecule has 0 aliphatic heterocycles. The quantitative estimate of drug-likeness (QED) is 0.836. The number of hydrogen-bond donors (Lipinski definition) is 2. The van der Waals surface area contributed by atoms with E-state index in [0.29, 0.717) is 0 Å². The summed E-state index contributed by atoms with van der Waals surface area (Å²) in [6, 6.07) is 6.52. The highest BCUT2D eigenvalue weighted by molar-refractivity contribution is 7.89. The van der Waals surface area contributed by atoms with Crippen LogP contribution in [0.15, 0.2) is 46.1 Å². The molecule has 1 aromatic heterocycles. The number of nitrogens with one attached hydrogen (secondary N) is 1. The lowest BCUT2D eigenvalue weighted by atomic mass is 10.2. The normalized spacial score (nSPS) is 11.5. The summed E-state index contributed by atoms with van der Waals surface area (Å²) in [5, 5.41) is 0. The Morgan fingerprint density at radius 1 is 1.30 bits per heavy atom. The van der Waals surface area contributed by atoms with Crippen molar-refractivity contribution >= 4 is 10.0 Å². The van der Waals surface area contributed by atoms with Crippen LogP contribution >= 0.6 is 0 Å². The maximum atomic E-state index is 12.3. The summed E-state index contributed by atoms with van der Waals surface area (Å²) in [7, 11) is -2.26. The molecule has 0 unspecified atom stereocenters. The first-order valence-corrected chi connectivity index (χ1v) is 7.43. The van der Waals surface area contributed by atoms with E-state index < -0.39 is 10.0 Å². The number of sulfonamides is 1. The van der Waals surface area contributed by atoms with Gasteiger partial charge in [-0.3, -0.25) is 0 Å². The zero-order valence-electron chi connectivity index (χ0n) is 11.0. The van der Waals surface area contributed by atoms with Crippen LogP contribution in [-0.2, 0) is 23.1 Å². The molecule has 0 saturated carbocycles. The van der Waals surface area contributed by atoms with E-state index in [-0.39, 0.29) is 23.7 Å². The average molecular weight is 296 g/mol. The Kier molecular flexibility index (Phi) is 4.43. The summed E-state index contributed by atoms with van der Waals surface area (Å²) in [4.78, 5) is 0.0754. The second-order valence-corrected chi connectivity index (χ2v) is 5.88. The lowest BCUT2D eigenvalue weighted by Crippen LogP contribution is -2.23. The van der Waals surface area contributed by atoms with Crippen LogP contribution in [0.3, 0.4) is 0 Å². The van der Waals surface area contributed by atoms with Gasteiger partial charge in [-0.05, 0) is 23.8 Å². The van der Waals surface area contributed by atoms with Crippen molar-refractivity contribution in [2.24, 2.45) is 5.73 Å². The highest BCUT2D eigenvalue weighted by Crippen LogP contribution is 2.24. The molecular weight excluding hydrogens is 280 g/mol. The Balaban J connectivity index is 2.28. The highest BCUT2D eigenvalue weighted by atomic mass is 32.2. The van der Waals surface area contributed by atoms with Crippen molar-refractivity contribution < 1.29 is 17.6 Å². The Morgan fingerprint density at radius 2 is 2.10 bits per heavy atom. The van der Waals surface area contributed by atoms with Gasteiger partial charge >= 0.3 is 0 Å². The van der Waals surface area contributed by atoms with Gasteiger partial charge in [-0.25, -0.2) is 13.1 Å². The zero-order chi connectivity index (χ0) is 14.6. The second kappa shape index (κ2) is 6.08. The summed E-state index contributed by atoms with van der Waals surface area (Å²) in [6.07, 6.45) is 2.97. The van der Waals surface area contributed by atoms with Crippen molar-refractivity contribution in [2.45, 2.75) is 18.0 Å². The van der Waals surface area contributed by atoms with E-state index in [4.69, 9.17) is 14.9 Å². The van der Waals surface area contributed by atoms with Crippen LogP contribution in [0.25, 0.3) is 0 Å². The first-order chi connectivity index (χ1) is 9.56. The molecule has 0 bridgehead atoms. The van der Waals surface area contributed by atoms with Crippen molar-refractivity contribution in [2.75, 3.05) is 7.11 Å². The molecule has 1 heterocycles. The summed E-state index contributed by atoms with van der Waals surface area (Å²) < 4.78 is 37.1. The molecule has 1 aromatic carbocycles. The van der Waals surface area contributed by atoms with E-state index in [9.17, 15) is 8.42 Å². The van der Waals surface area contributed by atoms with Gasteiger partial charge in [0.2, 0.25) is 10.0 Å². The number of benzene rings is 1. The maximum Gasteiger partial charge on any atom is 0.244 e. The standard InChI is InChI=1S/C13H16N2O4S/c1-18-12-3-2-10(7-14)6-13(12)20(16,17)15-8-11-4-5-19-9-11/h2-6,9,15H,7-8,14H2,1H3. The van der Waals surface area contributed by atoms with E-state index >= 15 is 0 Å². The van der Waals surface area contributed by atoms with Gasteiger partial charge in [-0.2, -0.15) is 0 Å². The lowest BCUT2D eigenvalue weighted by Gasteiger charge is -2.11. The molecule has 3 N–H and O–H groups in total. The molecule has 2 rings (SSSR count). The molecule has 7 heteroatoms. The molecule has 0 saturated heterocycles. The van der Waals surface area contributed by atoms with E-state index in [0.717, 1.165) is 11.1 Å². The molecule has 0 aliphatic rings. The molecular formula is C13H16N2O4S. The van der Waals surface area contributed by atoms with E-state index in [1.54, 1.807) is 18.2 Å². The number of hydrogen-bond acceptors (Lipinski definition) is 5. The zero-order valence-corrected chi connectivity index (χ0v) is 11.8. The molecule has 0 atom stereocenters. The summed E-state index contributed by atoms with van der Waals surface area (Å²) in [5.41, 5.74) is 6.99. The molecule has 6 nitrogen and oxygen atoms in total. The van der Waals surface area contributed by atoms with Crippen LogP contribution in [0.5, 0.6) is 5.75 Å². The molecule has 0 aliphatic carbocycles. The van der Waals surface area contributed by atoms with Crippen LogP contribution in [0.1, 0.15) is 11.1 Å². The molecule has 108 valence electrons. The van der Waals surface area contributed by atoms with Crippen molar-refractivity contribution in [1.82, 2.24) is 4.72 Å². The SMILES string of the molecule is COc1ccc(CN)cc1S(=O)(=O)NCc1ccoc1. The van der Waals surface area contributed by atoms with Gasteiger partial charge in [0.1, 0.15) is 10.6 Å². The van der Waals surface area contributed by atoms with Crippen molar-refractivity contribution in [3.8, 4) is 5.75 Å². The molecule has 2 aromatic rings. The number of nitrogens with two attached hydrogens (primary N) is 1. The Hall–Kier alpha value is -1.83. The predicted molar refractivity (Wildman–Crippen MR) is 73.6 cm³/mol. The number of furan rings is 1. The lowest BCUT2D eigenvalue weighted by molar-refractivity contribution is 0.402. The number of rotatable bonds is 6. The molecule has 0 spiro atoms. The monoisotopic (exact) mass is 296 g/mol. The maximum absolute atomic E-state index is 12.3. The Labute approximate surface area is 117 Å². The Bertz CT molecular complexity index is 666. The Morgan fingerprint density at radius 3 is 2.70 bits per heavy atom. The molecule has 0 amide bonds. The van der Waals surface area contributed by atoms with Crippen LogP contribution in [-0.4, -0.2) is 15.5 Å². The van der Waals surface area contributed by atoms with E-state index in [2.05, 4.69) is 4.72 Å². The first-order valence-electron chi connectivity index (χ1n) is 5.94. The summed E-state index contributed by atoms with van der Waals surface area (Å²) in [6.45, 7) is 0.406. The highest BCUT2D eigenvalue weighted by Gasteiger charge is 2.19. The third kappa shape index (κ3) is 3.19. The fourth-order valence-electron chi connectivity index (χ4n) is 1.71. The summed E-state index contributed by atoms with van der Waals surface area (Å²) >= 11 is 0. The van der Waals surface area contributed by atoms with E-state index in [1.165, 1.54) is 25.7 Å².